The van der Waals surface area contributed by atoms with Gasteiger partial charge in [-0.2, -0.15) is 0 Å². The van der Waals surface area contributed by atoms with Crippen LogP contribution in [0.1, 0.15) is 13.8 Å². The molecule has 0 N–H and O–H groups in total. The molecule has 2 atom stereocenters. The first-order valence-corrected chi connectivity index (χ1v) is 4.08. The molecule has 0 radical (unpaired) electrons. The van der Waals surface area contributed by atoms with Crippen molar-refractivity contribution >= 4 is 5.97 Å². The molecule has 0 amide bonds. The molecule has 0 aliphatic carbocycles. The van der Waals surface area contributed by atoms with E-state index >= 15 is 0 Å². The minimum absolute atomic E-state index is 0.0415. The van der Waals surface area contributed by atoms with Crippen molar-refractivity contribution in [1.82, 2.24) is 0 Å². The summed E-state index contributed by atoms with van der Waals surface area (Å²) in [6, 6.07) is 0. The fourth-order valence-corrected chi connectivity index (χ4v) is 1.27. The highest BCUT2D eigenvalue weighted by Gasteiger charge is 2.31. The molecule has 1 rings (SSSR count). The molecule has 0 aromatic heterocycles. The van der Waals surface area contributed by atoms with E-state index in [2.05, 4.69) is 6.58 Å². The predicted molar refractivity (Wildman–Crippen MR) is 44.7 cm³/mol. The third-order valence-corrected chi connectivity index (χ3v) is 1.87. The molecule has 1 heterocycles. The molecule has 12 heavy (non-hydrogen) atoms. The van der Waals surface area contributed by atoms with E-state index in [0.717, 1.165) is 0 Å². The van der Waals surface area contributed by atoms with E-state index in [9.17, 15) is 4.79 Å². The molecule has 1 saturated heterocycles. The second-order valence-electron chi connectivity index (χ2n) is 3.21. The first-order chi connectivity index (χ1) is 5.65. The maximum Gasteiger partial charge on any atom is 0.332 e. The van der Waals surface area contributed by atoms with Crippen molar-refractivity contribution in [2.24, 2.45) is 5.92 Å². The van der Waals surface area contributed by atoms with Crippen LogP contribution in [0.5, 0.6) is 0 Å². The summed E-state index contributed by atoms with van der Waals surface area (Å²) in [5.41, 5.74) is 0. The van der Waals surface area contributed by atoms with Gasteiger partial charge in [0.2, 0.25) is 0 Å². The second kappa shape index (κ2) is 3.72. The summed E-state index contributed by atoms with van der Waals surface area (Å²) in [6.07, 6.45) is 1.29. The van der Waals surface area contributed by atoms with Crippen molar-refractivity contribution in [3.05, 3.63) is 12.7 Å². The molecule has 0 aromatic rings. The molecule has 3 heteroatoms. The lowest BCUT2D eigenvalue weighted by molar-refractivity contribution is -0.181. The van der Waals surface area contributed by atoms with Gasteiger partial charge in [0.1, 0.15) is 18.8 Å². The quantitative estimate of drug-likeness (QED) is 0.460. The van der Waals surface area contributed by atoms with Crippen molar-refractivity contribution in [2.75, 3.05) is 6.61 Å². The van der Waals surface area contributed by atoms with Crippen molar-refractivity contribution in [1.29, 1.82) is 0 Å². The van der Waals surface area contributed by atoms with Gasteiger partial charge in [-0.25, -0.2) is 4.79 Å². The lowest BCUT2D eigenvalue weighted by atomic mass is 10.0. The molecule has 68 valence electrons. The topological polar surface area (TPSA) is 35.5 Å². The Hall–Kier alpha value is -0.830. The maximum absolute atomic E-state index is 10.8. The summed E-state index contributed by atoms with van der Waals surface area (Å²) < 4.78 is 10.3. The van der Waals surface area contributed by atoms with E-state index in [0.29, 0.717) is 5.92 Å². The average Bonchev–Trinajstić information content (AvgIpc) is 2.03. The first-order valence-electron chi connectivity index (χ1n) is 4.08. The van der Waals surface area contributed by atoms with Gasteiger partial charge in [0.25, 0.3) is 0 Å². The standard InChI is InChI=1S/C9H14O3/c1-4-7-9(6(2)3)11-5-8(10)12-7/h4,6-7,9H,1,5H2,2-3H3/t7-,9-/m1/s1. The van der Waals surface area contributed by atoms with Gasteiger partial charge in [-0.1, -0.05) is 20.4 Å². The van der Waals surface area contributed by atoms with Gasteiger partial charge >= 0.3 is 5.97 Å². The fourth-order valence-electron chi connectivity index (χ4n) is 1.27. The Morgan fingerprint density at radius 1 is 1.67 bits per heavy atom. The zero-order valence-corrected chi connectivity index (χ0v) is 7.45. The van der Waals surface area contributed by atoms with Gasteiger partial charge in [-0.3, -0.25) is 0 Å². The van der Waals surface area contributed by atoms with Crippen molar-refractivity contribution < 1.29 is 14.3 Å². The molecule has 1 aliphatic rings. The van der Waals surface area contributed by atoms with E-state index in [1.165, 1.54) is 0 Å². The van der Waals surface area contributed by atoms with Crippen LogP contribution >= 0.6 is 0 Å². The van der Waals surface area contributed by atoms with Crippen LogP contribution in [0.4, 0.5) is 0 Å². The molecule has 3 nitrogen and oxygen atoms in total. The molecule has 0 spiro atoms. The van der Waals surface area contributed by atoms with E-state index in [4.69, 9.17) is 9.47 Å². The Labute approximate surface area is 72.4 Å². The summed E-state index contributed by atoms with van der Waals surface area (Å²) >= 11 is 0. The smallest absolute Gasteiger partial charge is 0.332 e. The van der Waals surface area contributed by atoms with E-state index in [1.54, 1.807) is 6.08 Å². The van der Waals surface area contributed by atoms with Crippen LogP contribution in [0.25, 0.3) is 0 Å². The highest BCUT2D eigenvalue weighted by Crippen LogP contribution is 2.18. The Bertz CT molecular complexity index is 186. The summed E-state index contributed by atoms with van der Waals surface area (Å²) in [5.74, 6) is 0.0258. The molecular weight excluding hydrogens is 156 g/mol. The average molecular weight is 170 g/mol. The monoisotopic (exact) mass is 170 g/mol. The molecule has 0 bridgehead atoms. The Morgan fingerprint density at radius 3 is 2.83 bits per heavy atom. The second-order valence-corrected chi connectivity index (χ2v) is 3.21. The van der Waals surface area contributed by atoms with Crippen molar-refractivity contribution in [2.45, 2.75) is 26.1 Å². The maximum atomic E-state index is 10.8. The normalized spacial score (nSPS) is 30.1. The van der Waals surface area contributed by atoms with Crippen LogP contribution in [0.2, 0.25) is 0 Å². The van der Waals surface area contributed by atoms with Gasteiger partial charge in [-0.15, -0.1) is 0 Å². The Morgan fingerprint density at radius 2 is 2.33 bits per heavy atom. The number of carbonyl (C=O) groups is 1. The van der Waals surface area contributed by atoms with Crippen molar-refractivity contribution in [3.8, 4) is 0 Å². The largest absolute Gasteiger partial charge is 0.454 e. The number of rotatable bonds is 2. The minimum Gasteiger partial charge on any atom is -0.454 e. The predicted octanol–water partition coefficient (Wildman–Crippen LogP) is 1.14. The van der Waals surface area contributed by atoms with Crippen LogP contribution in [0.3, 0.4) is 0 Å². The number of carbonyl (C=O) groups excluding carboxylic acids is 1. The highest BCUT2D eigenvalue weighted by atomic mass is 16.6. The molecule has 0 unspecified atom stereocenters. The van der Waals surface area contributed by atoms with Gasteiger partial charge in [-0.05, 0) is 12.0 Å². The van der Waals surface area contributed by atoms with E-state index < -0.39 is 0 Å². The zero-order chi connectivity index (χ0) is 9.14. The summed E-state index contributed by atoms with van der Waals surface area (Å²) in [6.45, 7) is 7.71. The van der Waals surface area contributed by atoms with Gasteiger partial charge in [0.15, 0.2) is 0 Å². The SMILES string of the molecule is C=C[C@H]1OC(=O)CO[C@@H]1C(C)C. The first kappa shape index (κ1) is 9.26. The number of cyclic esters (lactones) is 1. The fraction of sp³-hybridized carbons (Fsp3) is 0.667. The van der Waals surface area contributed by atoms with Crippen LogP contribution in [0, 0.1) is 5.92 Å². The summed E-state index contributed by atoms with van der Waals surface area (Å²) in [4.78, 5) is 10.8. The molecule has 0 saturated carbocycles. The highest BCUT2D eigenvalue weighted by molar-refractivity contribution is 5.71. The van der Waals surface area contributed by atoms with Crippen LogP contribution in [0.15, 0.2) is 12.7 Å². The Balaban J connectivity index is 2.62. The van der Waals surface area contributed by atoms with E-state index in [-0.39, 0.29) is 24.8 Å². The van der Waals surface area contributed by atoms with Gasteiger partial charge in [0, 0.05) is 0 Å². The lowest BCUT2D eigenvalue weighted by Gasteiger charge is -2.31. The van der Waals surface area contributed by atoms with Crippen LogP contribution in [-0.2, 0) is 14.3 Å². The minimum atomic E-state index is -0.309. The number of hydrogen-bond donors (Lipinski definition) is 0. The number of hydrogen-bond acceptors (Lipinski definition) is 3. The summed E-state index contributed by atoms with van der Waals surface area (Å²) in [7, 11) is 0. The molecular formula is C9H14O3. The molecule has 0 aromatic carbocycles. The van der Waals surface area contributed by atoms with Gasteiger partial charge < -0.3 is 9.47 Å². The number of ether oxygens (including phenoxy) is 2. The van der Waals surface area contributed by atoms with Crippen LogP contribution < -0.4 is 0 Å². The van der Waals surface area contributed by atoms with Crippen molar-refractivity contribution in [3.63, 3.8) is 0 Å². The lowest BCUT2D eigenvalue weighted by Crippen LogP contribution is -2.42. The van der Waals surface area contributed by atoms with Crippen LogP contribution in [-0.4, -0.2) is 24.8 Å². The zero-order valence-electron chi connectivity index (χ0n) is 7.45. The number of esters is 1. The molecule has 1 aliphatic heterocycles. The molecule has 1 fully saturated rings. The van der Waals surface area contributed by atoms with E-state index in [1.807, 2.05) is 13.8 Å². The third kappa shape index (κ3) is 1.85. The van der Waals surface area contributed by atoms with Gasteiger partial charge in [0.05, 0.1) is 0 Å². The third-order valence-electron chi connectivity index (χ3n) is 1.87. The summed E-state index contributed by atoms with van der Waals surface area (Å²) in [5, 5.41) is 0. The Kier molecular flexibility index (Phi) is 2.87.